The third-order valence-corrected chi connectivity index (χ3v) is 6.21. The summed E-state index contributed by atoms with van der Waals surface area (Å²) in [5.74, 6) is 1.44. The minimum absolute atomic E-state index is 0.114. The van der Waals surface area contributed by atoms with Gasteiger partial charge in [0.1, 0.15) is 17.3 Å². The van der Waals surface area contributed by atoms with Crippen molar-refractivity contribution in [1.82, 2.24) is 9.13 Å². The topological polar surface area (TPSA) is 88.7 Å². The van der Waals surface area contributed by atoms with Gasteiger partial charge in [0, 0.05) is 31.8 Å². The SMILES string of the molecule is CC(C)c1ccc(OC2Nc3c(c(=O)n(CCCO)c(=O)n3C)N2Cc2ccc(Cl)cc2)cc1. The summed E-state index contributed by atoms with van der Waals surface area (Å²) >= 11 is 6.05. The fraction of sp³-hybridized carbons (Fsp3) is 0.360. The van der Waals surface area contributed by atoms with Crippen molar-refractivity contribution in [3.8, 4) is 5.75 Å². The Morgan fingerprint density at radius 2 is 1.76 bits per heavy atom. The molecule has 0 bridgehead atoms. The molecule has 1 atom stereocenters. The Morgan fingerprint density at radius 1 is 1.09 bits per heavy atom. The standard InChI is InChI=1S/C25H29ClN4O4/c1-16(2)18-7-11-20(12-8-18)34-24-27-22-21(30(24)15-17-5-9-19(26)10-6-17)23(32)29(13-4-14-31)25(33)28(22)3/h5-12,16,24,27,31H,4,13-15H2,1-3H3. The fourth-order valence-electron chi connectivity index (χ4n) is 4.02. The second-order valence-corrected chi connectivity index (χ2v) is 9.10. The first-order chi connectivity index (χ1) is 16.3. The number of halogens is 1. The van der Waals surface area contributed by atoms with Crippen molar-refractivity contribution in [2.24, 2.45) is 7.05 Å². The van der Waals surface area contributed by atoms with Crippen LogP contribution in [0.1, 0.15) is 37.3 Å². The Morgan fingerprint density at radius 3 is 2.38 bits per heavy atom. The lowest BCUT2D eigenvalue weighted by Gasteiger charge is -2.26. The van der Waals surface area contributed by atoms with E-state index in [9.17, 15) is 14.7 Å². The molecular weight excluding hydrogens is 456 g/mol. The maximum absolute atomic E-state index is 13.4. The van der Waals surface area contributed by atoms with Crippen LogP contribution >= 0.6 is 11.6 Å². The molecular formula is C25H29ClN4O4. The number of aliphatic hydroxyl groups is 1. The van der Waals surface area contributed by atoms with E-state index < -0.39 is 17.6 Å². The second kappa shape index (κ2) is 9.95. The van der Waals surface area contributed by atoms with Crippen molar-refractivity contribution < 1.29 is 9.84 Å². The Labute approximate surface area is 203 Å². The molecule has 180 valence electrons. The highest BCUT2D eigenvalue weighted by Gasteiger charge is 2.36. The Bertz CT molecular complexity index is 1270. The molecule has 34 heavy (non-hydrogen) atoms. The number of nitrogens with zero attached hydrogens (tertiary/aromatic N) is 3. The quantitative estimate of drug-likeness (QED) is 0.508. The van der Waals surface area contributed by atoms with E-state index in [-0.39, 0.29) is 13.2 Å². The normalized spacial score (nSPS) is 14.9. The summed E-state index contributed by atoms with van der Waals surface area (Å²) in [4.78, 5) is 28.1. The molecule has 1 unspecified atom stereocenters. The molecule has 0 spiro atoms. The molecule has 3 aromatic rings. The third kappa shape index (κ3) is 4.69. The molecule has 1 aromatic heterocycles. The van der Waals surface area contributed by atoms with Crippen LogP contribution in [0.4, 0.5) is 11.5 Å². The number of nitrogens with one attached hydrogen (secondary N) is 1. The van der Waals surface area contributed by atoms with E-state index in [0.717, 1.165) is 10.1 Å². The number of hydrogen-bond acceptors (Lipinski definition) is 6. The van der Waals surface area contributed by atoms with Gasteiger partial charge in [-0.1, -0.05) is 49.7 Å². The van der Waals surface area contributed by atoms with Gasteiger partial charge < -0.3 is 20.1 Å². The summed E-state index contributed by atoms with van der Waals surface area (Å²) in [6, 6.07) is 15.2. The van der Waals surface area contributed by atoms with Gasteiger partial charge in [-0.25, -0.2) is 4.79 Å². The number of anilines is 2. The molecule has 8 nitrogen and oxygen atoms in total. The largest absolute Gasteiger partial charge is 0.452 e. The first kappa shape index (κ1) is 23.9. The van der Waals surface area contributed by atoms with Crippen LogP contribution in [0.2, 0.25) is 5.02 Å². The van der Waals surface area contributed by atoms with Crippen molar-refractivity contribution in [2.45, 2.75) is 45.6 Å². The predicted octanol–water partition coefficient (Wildman–Crippen LogP) is 3.50. The maximum Gasteiger partial charge on any atom is 0.332 e. The number of benzene rings is 2. The Kier molecular flexibility index (Phi) is 7.00. The van der Waals surface area contributed by atoms with Crippen molar-refractivity contribution in [1.29, 1.82) is 0 Å². The minimum atomic E-state index is -0.706. The average molecular weight is 485 g/mol. The molecule has 0 amide bonds. The van der Waals surface area contributed by atoms with E-state index >= 15 is 0 Å². The van der Waals surface area contributed by atoms with Crippen LogP contribution in [-0.2, 0) is 20.1 Å². The highest BCUT2D eigenvalue weighted by Crippen LogP contribution is 2.33. The predicted molar refractivity (Wildman–Crippen MR) is 134 cm³/mol. The lowest BCUT2D eigenvalue weighted by molar-refractivity contribution is 0.227. The molecule has 9 heteroatoms. The first-order valence-electron chi connectivity index (χ1n) is 11.3. The van der Waals surface area contributed by atoms with Gasteiger partial charge in [-0.15, -0.1) is 0 Å². The van der Waals surface area contributed by atoms with Crippen LogP contribution in [0.5, 0.6) is 5.75 Å². The van der Waals surface area contributed by atoms with E-state index in [1.54, 1.807) is 19.2 Å². The average Bonchev–Trinajstić information content (AvgIpc) is 3.17. The van der Waals surface area contributed by atoms with E-state index in [1.165, 1.54) is 10.1 Å². The highest BCUT2D eigenvalue weighted by atomic mass is 35.5. The van der Waals surface area contributed by atoms with Gasteiger partial charge in [0.2, 0.25) is 0 Å². The molecule has 2 N–H and O–H groups in total. The number of aromatic nitrogens is 2. The summed E-state index contributed by atoms with van der Waals surface area (Å²) in [6.07, 6.45) is -0.400. The smallest absolute Gasteiger partial charge is 0.332 e. The van der Waals surface area contributed by atoms with E-state index in [0.29, 0.717) is 41.2 Å². The number of rotatable bonds is 8. The fourth-order valence-corrected chi connectivity index (χ4v) is 4.14. The van der Waals surface area contributed by atoms with Crippen molar-refractivity contribution >= 4 is 23.1 Å². The summed E-state index contributed by atoms with van der Waals surface area (Å²) in [7, 11) is 1.61. The van der Waals surface area contributed by atoms with Crippen molar-refractivity contribution in [2.75, 3.05) is 16.8 Å². The van der Waals surface area contributed by atoms with Gasteiger partial charge in [0.15, 0.2) is 0 Å². The Hall–Kier alpha value is -3.23. The first-order valence-corrected chi connectivity index (χ1v) is 11.7. The van der Waals surface area contributed by atoms with E-state index in [1.807, 2.05) is 41.3 Å². The lowest BCUT2D eigenvalue weighted by atomic mass is 10.0. The molecule has 2 aromatic carbocycles. The molecule has 1 aliphatic rings. The van der Waals surface area contributed by atoms with Gasteiger partial charge in [-0.05, 0) is 47.7 Å². The van der Waals surface area contributed by atoms with Crippen LogP contribution in [0.3, 0.4) is 0 Å². The zero-order chi connectivity index (χ0) is 24.4. The number of hydrogen-bond donors (Lipinski definition) is 2. The third-order valence-electron chi connectivity index (χ3n) is 5.96. The molecule has 0 radical (unpaired) electrons. The maximum atomic E-state index is 13.4. The second-order valence-electron chi connectivity index (χ2n) is 8.67. The lowest BCUT2D eigenvalue weighted by Crippen LogP contribution is -2.43. The molecule has 0 aliphatic carbocycles. The summed E-state index contributed by atoms with van der Waals surface area (Å²) in [5.41, 5.74) is 1.60. The highest BCUT2D eigenvalue weighted by molar-refractivity contribution is 6.30. The zero-order valence-corrected chi connectivity index (χ0v) is 20.2. The summed E-state index contributed by atoms with van der Waals surface area (Å²) < 4.78 is 8.83. The summed E-state index contributed by atoms with van der Waals surface area (Å²) in [6.45, 7) is 4.63. The van der Waals surface area contributed by atoms with Crippen LogP contribution < -0.4 is 26.2 Å². The van der Waals surface area contributed by atoms with Crippen LogP contribution in [0.25, 0.3) is 0 Å². The van der Waals surface area contributed by atoms with Crippen LogP contribution in [0.15, 0.2) is 58.1 Å². The van der Waals surface area contributed by atoms with Crippen molar-refractivity contribution in [3.05, 3.63) is 85.5 Å². The molecule has 4 rings (SSSR count). The van der Waals surface area contributed by atoms with Gasteiger partial charge in [0.25, 0.3) is 11.9 Å². The van der Waals surface area contributed by atoms with Crippen LogP contribution in [-0.4, -0.2) is 27.2 Å². The summed E-state index contributed by atoms with van der Waals surface area (Å²) in [5, 5.41) is 13.1. The number of fused-ring (bicyclic) bond motifs is 1. The molecule has 0 saturated carbocycles. The Balaban J connectivity index is 1.75. The van der Waals surface area contributed by atoms with Gasteiger partial charge in [-0.3, -0.25) is 13.9 Å². The molecule has 2 heterocycles. The van der Waals surface area contributed by atoms with Gasteiger partial charge in [0.05, 0.1) is 0 Å². The number of ether oxygens (including phenoxy) is 1. The van der Waals surface area contributed by atoms with Gasteiger partial charge >= 0.3 is 5.69 Å². The monoisotopic (exact) mass is 484 g/mol. The van der Waals surface area contributed by atoms with Crippen molar-refractivity contribution in [3.63, 3.8) is 0 Å². The van der Waals surface area contributed by atoms with E-state index in [4.69, 9.17) is 16.3 Å². The minimum Gasteiger partial charge on any atom is -0.452 e. The van der Waals surface area contributed by atoms with E-state index in [2.05, 4.69) is 19.2 Å². The number of aliphatic hydroxyl groups excluding tert-OH is 1. The van der Waals surface area contributed by atoms with Crippen LogP contribution in [0, 0.1) is 0 Å². The molecule has 1 aliphatic heterocycles. The van der Waals surface area contributed by atoms with Gasteiger partial charge in [-0.2, -0.15) is 0 Å². The molecule has 0 fully saturated rings. The zero-order valence-electron chi connectivity index (χ0n) is 19.5. The molecule has 0 saturated heterocycles.